The van der Waals surface area contributed by atoms with E-state index in [1.807, 2.05) is 32.0 Å². The highest BCUT2D eigenvalue weighted by Gasteiger charge is 2.24. The second-order valence-corrected chi connectivity index (χ2v) is 8.10. The number of methoxy groups -OCH3 is 1. The minimum atomic E-state index is -0.926. The van der Waals surface area contributed by atoms with Crippen molar-refractivity contribution >= 4 is 5.97 Å². The van der Waals surface area contributed by atoms with E-state index in [9.17, 15) is 18.7 Å². The summed E-state index contributed by atoms with van der Waals surface area (Å²) < 4.78 is 38.3. The second kappa shape index (κ2) is 11.1. The maximum atomic E-state index is 13.9. The summed E-state index contributed by atoms with van der Waals surface area (Å²) in [7, 11) is 1.32. The SMILES string of the molecule is COC(=O)c1ccc(OCCCC(c2cc(F)cc(F)c2)C(O)c2ccc(C)c(C)c2)cc1. The fourth-order valence-corrected chi connectivity index (χ4v) is 3.78. The third kappa shape index (κ3) is 6.39. The molecule has 0 heterocycles. The van der Waals surface area contributed by atoms with Crippen molar-refractivity contribution < 1.29 is 28.2 Å². The summed E-state index contributed by atoms with van der Waals surface area (Å²) in [5, 5.41) is 11.1. The molecule has 0 fully saturated rings. The molecule has 33 heavy (non-hydrogen) atoms. The summed E-state index contributed by atoms with van der Waals surface area (Å²) in [6, 6.07) is 15.6. The molecule has 0 saturated carbocycles. The predicted molar refractivity (Wildman–Crippen MR) is 122 cm³/mol. The van der Waals surface area contributed by atoms with Crippen LogP contribution in [0.1, 0.15) is 57.5 Å². The van der Waals surface area contributed by atoms with Crippen molar-refractivity contribution in [3.63, 3.8) is 0 Å². The lowest BCUT2D eigenvalue weighted by atomic mass is 9.85. The molecule has 174 valence electrons. The van der Waals surface area contributed by atoms with Crippen LogP contribution in [-0.2, 0) is 4.74 Å². The molecule has 0 bridgehead atoms. The number of aliphatic hydroxyl groups is 1. The van der Waals surface area contributed by atoms with E-state index in [2.05, 4.69) is 4.74 Å². The highest BCUT2D eigenvalue weighted by Crippen LogP contribution is 2.36. The molecule has 2 unspecified atom stereocenters. The minimum Gasteiger partial charge on any atom is -0.494 e. The lowest BCUT2D eigenvalue weighted by molar-refractivity contribution is 0.0600. The average molecular weight is 455 g/mol. The van der Waals surface area contributed by atoms with E-state index in [0.717, 1.165) is 17.2 Å². The smallest absolute Gasteiger partial charge is 0.337 e. The third-order valence-corrected chi connectivity index (χ3v) is 5.77. The Morgan fingerprint density at radius 3 is 2.18 bits per heavy atom. The Morgan fingerprint density at radius 2 is 1.58 bits per heavy atom. The van der Waals surface area contributed by atoms with Gasteiger partial charge in [-0.25, -0.2) is 13.6 Å². The van der Waals surface area contributed by atoms with Gasteiger partial charge in [0, 0.05) is 12.0 Å². The van der Waals surface area contributed by atoms with Gasteiger partial charge in [0.15, 0.2) is 0 Å². The van der Waals surface area contributed by atoms with Crippen LogP contribution >= 0.6 is 0 Å². The summed E-state index contributed by atoms with van der Waals surface area (Å²) in [5.41, 5.74) is 3.67. The molecule has 0 aliphatic carbocycles. The van der Waals surface area contributed by atoms with Gasteiger partial charge in [0.05, 0.1) is 25.4 Å². The van der Waals surface area contributed by atoms with E-state index >= 15 is 0 Å². The van der Waals surface area contributed by atoms with Crippen LogP contribution in [0, 0.1) is 25.5 Å². The molecular formula is C27H28F2O4. The number of hydrogen-bond acceptors (Lipinski definition) is 4. The van der Waals surface area contributed by atoms with Crippen LogP contribution in [0.2, 0.25) is 0 Å². The number of aliphatic hydroxyl groups excluding tert-OH is 1. The summed E-state index contributed by atoms with van der Waals surface area (Å²) in [4.78, 5) is 11.5. The maximum Gasteiger partial charge on any atom is 0.337 e. The Bertz CT molecular complexity index is 1080. The van der Waals surface area contributed by atoms with Crippen molar-refractivity contribution in [1.29, 1.82) is 0 Å². The normalized spacial score (nSPS) is 12.8. The van der Waals surface area contributed by atoms with Crippen LogP contribution in [0.3, 0.4) is 0 Å². The molecular weight excluding hydrogens is 426 g/mol. The molecule has 2 atom stereocenters. The summed E-state index contributed by atoms with van der Waals surface area (Å²) in [5.74, 6) is -1.70. The third-order valence-electron chi connectivity index (χ3n) is 5.77. The first-order valence-electron chi connectivity index (χ1n) is 10.8. The van der Waals surface area contributed by atoms with Gasteiger partial charge in [-0.1, -0.05) is 18.2 Å². The monoisotopic (exact) mass is 454 g/mol. The topological polar surface area (TPSA) is 55.8 Å². The summed E-state index contributed by atoms with van der Waals surface area (Å²) in [6.07, 6.45) is 0.0746. The lowest BCUT2D eigenvalue weighted by Gasteiger charge is -2.25. The molecule has 0 amide bonds. The zero-order chi connectivity index (χ0) is 24.0. The van der Waals surface area contributed by atoms with Gasteiger partial charge in [0.1, 0.15) is 17.4 Å². The molecule has 0 aliphatic heterocycles. The zero-order valence-electron chi connectivity index (χ0n) is 19.0. The number of ether oxygens (including phenoxy) is 2. The number of hydrogen-bond donors (Lipinski definition) is 1. The van der Waals surface area contributed by atoms with Gasteiger partial charge in [-0.2, -0.15) is 0 Å². The number of rotatable bonds is 9. The summed E-state index contributed by atoms with van der Waals surface area (Å²) >= 11 is 0. The van der Waals surface area contributed by atoms with Gasteiger partial charge in [-0.3, -0.25) is 0 Å². The fraction of sp³-hybridized carbons (Fsp3) is 0.296. The number of carbonyl (C=O) groups is 1. The Balaban J connectivity index is 1.71. The van der Waals surface area contributed by atoms with Crippen molar-refractivity contribution in [2.75, 3.05) is 13.7 Å². The van der Waals surface area contributed by atoms with Crippen LogP contribution in [0.5, 0.6) is 5.75 Å². The van der Waals surface area contributed by atoms with Gasteiger partial charge in [-0.05, 0) is 85.3 Å². The molecule has 3 rings (SSSR count). The van der Waals surface area contributed by atoms with E-state index in [-0.39, 0.29) is 0 Å². The zero-order valence-corrected chi connectivity index (χ0v) is 19.0. The number of esters is 1. The molecule has 0 spiro atoms. The van der Waals surface area contributed by atoms with Crippen LogP contribution < -0.4 is 4.74 Å². The average Bonchev–Trinajstić information content (AvgIpc) is 2.79. The minimum absolute atomic E-state index is 0.339. The molecule has 3 aromatic carbocycles. The molecule has 0 radical (unpaired) electrons. The Hall–Kier alpha value is -3.25. The number of aryl methyl sites for hydroxylation is 2. The van der Waals surface area contributed by atoms with Gasteiger partial charge < -0.3 is 14.6 Å². The standard InChI is InChI=1S/C27H28F2O4/c1-17-6-7-20(13-18(17)2)26(30)25(21-14-22(28)16-23(29)15-21)5-4-12-33-24-10-8-19(9-11-24)27(31)32-3/h6-11,13-16,25-26,30H,4-5,12H2,1-3H3. The van der Waals surface area contributed by atoms with Crippen molar-refractivity contribution in [2.45, 2.75) is 38.7 Å². The Labute approximate surface area is 192 Å². The molecule has 4 nitrogen and oxygen atoms in total. The molecule has 1 N–H and O–H groups in total. The molecule has 6 heteroatoms. The van der Waals surface area contributed by atoms with Crippen molar-refractivity contribution in [3.8, 4) is 5.75 Å². The second-order valence-electron chi connectivity index (χ2n) is 8.10. The Morgan fingerprint density at radius 1 is 0.909 bits per heavy atom. The van der Waals surface area contributed by atoms with E-state index < -0.39 is 29.6 Å². The van der Waals surface area contributed by atoms with Crippen molar-refractivity contribution in [3.05, 3.63) is 100 Å². The molecule has 0 aliphatic rings. The molecule has 0 aromatic heterocycles. The van der Waals surface area contributed by atoms with E-state index in [4.69, 9.17) is 4.74 Å². The largest absolute Gasteiger partial charge is 0.494 e. The first-order chi connectivity index (χ1) is 15.8. The van der Waals surface area contributed by atoms with Crippen LogP contribution in [-0.4, -0.2) is 24.8 Å². The molecule has 0 saturated heterocycles. The van der Waals surface area contributed by atoms with E-state index in [1.54, 1.807) is 24.3 Å². The van der Waals surface area contributed by atoms with Crippen LogP contribution in [0.25, 0.3) is 0 Å². The highest BCUT2D eigenvalue weighted by molar-refractivity contribution is 5.89. The van der Waals surface area contributed by atoms with Gasteiger partial charge in [0.2, 0.25) is 0 Å². The van der Waals surface area contributed by atoms with Crippen molar-refractivity contribution in [2.24, 2.45) is 0 Å². The first-order valence-corrected chi connectivity index (χ1v) is 10.8. The highest BCUT2D eigenvalue weighted by atomic mass is 19.1. The summed E-state index contributed by atoms with van der Waals surface area (Å²) in [6.45, 7) is 4.28. The van der Waals surface area contributed by atoms with Crippen LogP contribution in [0.4, 0.5) is 8.78 Å². The Kier molecular flexibility index (Phi) is 8.17. The molecule has 3 aromatic rings. The van der Waals surface area contributed by atoms with Crippen molar-refractivity contribution in [1.82, 2.24) is 0 Å². The predicted octanol–water partition coefficient (Wildman–Crippen LogP) is 6.04. The van der Waals surface area contributed by atoms with Gasteiger partial charge in [0.25, 0.3) is 0 Å². The van der Waals surface area contributed by atoms with Gasteiger partial charge >= 0.3 is 5.97 Å². The first kappa shape index (κ1) is 24.4. The number of benzene rings is 3. The lowest BCUT2D eigenvalue weighted by Crippen LogP contribution is -2.14. The van der Waals surface area contributed by atoms with E-state index in [0.29, 0.717) is 41.9 Å². The van der Waals surface area contributed by atoms with E-state index in [1.165, 1.54) is 19.2 Å². The van der Waals surface area contributed by atoms with Gasteiger partial charge in [-0.15, -0.1) is 0 Å². The number of halogens is 2. The van der Waals surface area contributed by atoms with Crippen LogP contribution in [0.15, 0.2) is 60.7 Å². The quantitative estimate of drug-likeness (QED) is 0.316. The number of carbonyl (C=O) groups excluding carboxylic acids is 1. The maximum absolute atomic E-state index is 13.9. The fourth-order valence-electron chi connectivity index (χ4n) is 3.78.